The van der Waals surface area contributed by atoms with E-state index in [1.54, 1.807) is 0 Å². The van der Waals surface area contributed by atoms with Crippen LogP contribution in [-0.2, 0) is 9.37 Å². The highest BCUT2D eigenvalue weighted by molar-refractivity contribution is 7.96. The van der Waals surface area contributed by atoms with Gasteiger partial charge in [0.05, 0.1) is 18.5 Å². The summed E-state index contributed by atoms with van der Waals surface area (Å²) in [5.41, 5.74) is -6.43. The van der Waals surface area contributed by atoms with Crippen molar-refractivity contribution in [2.75, 3.05) is 0 Å². The van der Waals surface area contributed by atoms with Gasteiger partial charge in [-0.3, -0.25) is 5.04 Å². The standard InChI is InChI=1S/C7H3F11O3S/c8-2(7(16,17)18)1-3(9,10)6(15,22-21-20-19)5(13,14)4(2,11)12/h19H,1H2/p-1. The molecule has 0 amide bonds. The monoisotopic (exact) mass is 375 g/mol. The van der Waals surface area contributed by atoms with Gasteiger partial charge in [0, 0.05) is 0 Å². The second-order valence-electron chi connectivity index (χ2n) is 4.14. The first-order chi connectivity index (χ1) is 9.52. The molecule has 1 saturated carbocycles. The molecule has 0 saturated heterocycles. The Kier molecular flexibility index (Phi) is 4.41. The molecule has 0 N–H and O–H groups in total. The molecule has 1 aliphatic rings. The Balaban J connectivity index is 3.56. The number of rotatable bonds is 3. The van der Waals surface area contributed by atoms with Crippen LogP contribution in [0.3, 0.4) is 0 Å². The smallest absolute Gasteiger partial charge is 0.429 e. The van der Waals surface area contributed by atoms with Gasteiger partial charge in [0.1, 0.15) is 0 Å². The summed E-state index contributed by atoms with van der Waals surface area (Å²) in [6, 6.07) is 0. The molecule has 0 aromatic heterocycles. The molecule has 0 aliphatic heterocycles. The number of alkyl halides is 11. The van der Waals surface area contributed by atoms with Gasteiger partial charge in [-0.1, -0.05) is 0 Å². The molecule has 1 rings (SSSR count). The molecule has 2 atom stereocenters. The van der Waals surface area contributed by atoms with E-state index in [-0.39, 0.29) is 0 Å². The van der Waals surface area contributed by atoms with Crippen LogP contribution in [0.5, 0.6) is 0 Å². The molecule has 0 spiro atoms. The molecule has 132 valence electrons. The lowest BCUT2D eigenvalue weighted by atomic mass is 9.75. The van der Waals surface area contributed by atoms with E-state index in [0.29, 0.717) is 0 Å². The largest absolute Gasteiger partial charge is 0.691 e. The molecular formula is C7H2F11O3S-. The summed E-state index contributed by atoms with van der Waals surface area (Å²) in [5, 5.41) is 5.66. The molecule has 3 nitrogen and oxygen atoms in total. The summed E-state index contributed by atoms with van der Waals surface area (Å²) in [5.74, 6) is -19.9. The molecule has 2 unspecified atom stereocenters. The maximum Gasteiger partial charge on any atom is 0.429 e. The fourth-order valence-corrected chi connectivity index (χ4v) is 2.21. The van der Waals surface area contributed by atoms with Gasteiger partial charge < -0.3 is 5.26 Å². The van der Waals surface area contributed by atoms with E-state index in [0.717, 1.165) is 0 Å². The molecule has 22 heavy (non-hydrogen) atoms. The van der Waals surface area contributed by atoms with Gasteiger partial charge in [-0.25, -0.2) is 17.6 Å². The van der Waals surface area contributed by atoms with Gasteiger partial charge in [-0.05, 0) is 0 Å². The molecular weight excluding hydrogens is 373 g/mol. The average Bonchev–Trinajstić information content (AvgIpc) is 2.31. The minimum atomic E-state index is -6.94. The number of hydrogen-bond acceptors (Lipinski definition) is 4. The van der Waals surface area contributed by atoms with E-state index in [4.69, 9.17) is 0 Å². The first kappa shape index (κ1) is 19.5. The molecule has 0 aromatic carbocycles. The van der Waals surface area contributed by atoms with Crippen LogP contribution in [-0.4, -0.2) is 34.6 Å². The third kappa shape index (κ3) is 2.16. The lowest BCUT2D eigenvalue weighted by molar-refractivity contribution is -0.777. The topological polar surface area (TPSA) is 41.5 Å². The van der Waals surface area contributed by atoms with Gasteiger partial charge in [-0.15, -0.1) is 0 Å². The van der Waals surface area contributed by atoms with Crippen LogP contribution in [0.25, 0.3) is 0 Å². The quantitative estimate of drug-likeness (QED) is 0.329. The summed E-state index contributed by atoms with van der Waals surface area (Å²) in [6.45, 7) is 0. The van der Waals surface area contributed by atoms with E-state index in [2.05, 4.69) is 9.37 Å². The summed E-state index contributed by atoms with van der Waals surface area (Å²) in [7, 11) is 0. The van der Waals surface area contributed by atoms with Gasteiger partial charge in [0.25, 0.3) is 5.67 Å². The van der Waals surface area contributed by atoms with Crippen molar-refractivity contribution in [3.05, 3.63) is 0 Å². The predicted molar refractivity (Wildman–Crippen MR) is 43.0 cm³/mol. The average molecular weight is 375 g/mol. The highest BCUT2D eigenvalue weighted by atomic mass is 32.2. The highest BCUT2D eigenvalue weighted by Gasteiger charge is 2.95. The van der Waals surface area contributed by atoms with E-state index >= 15 is 0 Å². The van der Waals surface area contributed by atoms with E-state index in [1.165, 1.54) is 0 Å². The molecule has 15 heteroatoms. The Morgan fingerprint density at radius 3 is 1.68 bits per heavy atom. The van der Waals surface area contributed by atoms with Crippen LogP contribution in [0.2, 0.25) is 0 Å². The number of hydrogen-bond donors (Lipinski definition) is 0. The van der Waals surface area contributed by atoms with Gasteiger partial charge in [0.2, 0.25) is 0 Å². The summed E-state index contributed by atoms with van der Waals surface area (Å²) in [4.78, 5) is 0. The van der Waals surface area contributed by atoms with Crippen LogP contribution in [0, 0.1) is 0 Å². The Morgan fingerprint density at radius 1 is 0.864 bits per heavy atom. The fourth-order valence-electron chi connectivity index (χ4n) is 1.66. The van der Waals surface area contributed by atoms with Crippen molar-refractivity contribution in [3.63, 3.8) is 0 Å². The van der Waals surface area contributed by atoms with Crippen molar-refractivity contribution >= 4 is 12.0 Å². The third-order valence-corrected chi connectivity index (χ3v) is 3.77. The normalized spacial score (nSPS) is 37.1. The maximum atomic E-state index is 13.6. The van der Waals surface area contributed by atoms with Gasteiger partial charge >= 0.3 is 28.9 Å². The zero-order chi connectivity index (χ0) is 17.8. The molecule has 0 bridgehead atoms. The molecule has 0 aromatic rings. The third-order valence-electron chi connectivity index (χ3n) is 2.86. The van der Waals surface area contributed by atoms with Crippen LogP contribution < -0.4 is 5.26 Å². The maximum absolute atomic E-state index is 13.6. The highest BCUT2D eigenvalue weighted by Crippen LogP contribution is 2.69. The second-order valence-corrected chi connectivity index (χ2v) is 5.01. The first-order valence-corrected chi connectivity index (χ1v) is 5.48. The van der Waals surface area contributed by atoms with Crippen molar-refractivity contribution in [3.8, 4) is 0 Å². The van der Waals surface area contributed by atoms with Crippen LogP contribution in [0.15, 0.2) is 0 Å². The summed E-state index contributed by atoms with van der Waals surface area (Å²) in [6.07, 6.45) is -10.5. The molecule has 1 aliphatic carbocycles. The van der Waals surface area contributed by atoms with Crippen molar-refractivity contribution in [2.24, 2.45) is 0 Å². The van der Waals surface area contributed by atoms with Crippen LogP contribution >= 0.6 is 12.0 Å². The predicted octanol–water partition coefficient (Wildman–Crippen LogP) is 3.10. The SMILES string of the molecule is [O-]OOSC1(F)C(F)(F)CC(F)(C(F)(F)F)C(F)(F)C1(F)F. The Morgan fingerprint density at radius 2 is 1.32 bits per heavy atom. The van der Waals surface area contributed by atoms with E-state index in [1.807, 2.05) is 0 Å². The Labute approximate surface area is 117 Å². The van der Waals surface area contributed by atoms with E-state index < -0.39 is 53.1 Å². The zero-order valence-electron chi connectivity index (χ0n) is 9.50. The van der Waals surface area contributed by atoms with Crippen molar-refractivity contribution in [1.82, 2.24) is 0 Å². The zero-order valence-corrected chi connectivity index (χ0v) is 10.3. The lowest BCUT2D eigenvalue weighted by Gasteiger charge is -2.50. The van der Waals surface area contributed by atoms with Crippen LogP contribution in [0.4, 0.5) is 48.3 Å². The number of halogens is 11. The van der Waals surface area contributed by atoms with Gasteiger partial charge in [-0.2, -0.15) is 35.1 Å². The van der Waals surface area contributed by atoms with Crippen molar-refractivity contribution < 1.29 is 62.9 Å². The molecule has 1 fully saturated rings. The van der Waals surface area contributed by atoms with Crippen molar-refractivity contribution in [2.45, 2.75) is 41.0 Å². The summed E-state index contributed by atoms with van der Waals surface area (Å²) >= 11 is -1.99. The molecule has 0 heterocycles. The minimum Gasteiger partial charge on any atom is -0.691 e. The Hall–Kier alpha value is -0.540. The summed E-state index contributed by atoms with van der Waals surface area (Å²) < 4.78 is 146. The minimum absolute atomic E-state index is 1.99. The van der Waals surface area contributed by atoms with E-state index in [9.17, 15) is 53.6 Å². The first-order valence-electron chi connectivity index (χ1n) is 4.74. The Bertz CT molecular complexity index is 440. The van der Waals surface area contributed by atoms with Crippen molar-refractivity contribution in [1.29, 1.82) is 0 Å². The van der Waals surface area contributed by atoms with Gasteiger partial charge in [0.15, 0.2) is 0 Å². The van der Waals surface area contributed by atoms with Crippen LogP contribution in [0.1, 0.15) is 6.42 Å². The lowest BCUT2D eigenvalue weighted by Crippen LogP contribution is -2.78. The second kappa shape index (κ2) is 4.98. The molecule has 0 radical (unpaired) electrons. The fraction of sp³-hybridized carbons (Fsp3) is 1.00.